The Labute approximate surface area is 201 Å². The Morgan fingerprint density at radius 2 is 1.94 bits per heavy atom. The predicted octanol–water partition coefficient (Wildman–Crippen LogP) is 1.86. The Hall–Kier alpha value is -3.24. The van der Waals surface area contributed by atoms with Crippen LogP contribution in [0.4, 0.5) is 5.69 Å². The van der Waals surface area contributed by atoms with Gasteiger partial charge in [-0.15, -0.1) is 0 Å². The van der Waals surface area contributed by atoms with Crippen molar-refractivity contribution in [3.05, 3.63) is 47.3 Å². The van der Waals surface area contributed by atoms with Crippen LogP contribution in [-0.2, 0) is 21.7 Å². The van der Waals surface area contributed by atoms with Crippen molar-refractivity contribution < 1.29 is 19.2 Å². The average molecular weight is 485 g/mol. The van der Waals surface area contributed by atoms with E-state index in [-0.39, 0.29) is 29.5 Å². The molecule has 0 bridgehead atoms. The van der Waals surface area contributed by atoms with Crippen molar-refractivity contribution in [3.8, 4) is 0 Å². The Bertz CT molecular complexity index is 1190. The summed E-state index contributed by atoms with van der Waals surface area (Å²) < 4.78 is 3.77. The van der Waals surface area contributed by atoms with Crippen molar-refractivity contribution in [2.24, 2.45) is 0 Å². The van der Waals surface area contributed by atoms with E-state index < -0.39 is 29.7 Å². The van der Waals surface area contributed by atoms with Gasteiger partial charge in [-0.3, -0.25) is 34.1 Å². The number of benzene rings is 1. The molecule has 0 spiro atoms. The van der Waals surface area contributed by atoms with Crippen LogP contribution in [0.25, 0.3) is 0 Å². The summed E-state index contributed by atoms with van der Waals surface area (Å²) in [6, 6.07) is 4.02. The van der Waals surface area contributed by atoms with Crippen molar-refractivity contribution >= 4 is 41.1 Å². The highest BCUT2D eigenvalue weighted by Crippen LogP contribution is 2.33. The number of imide groups is 2. The van der Waals surface area contributed by atoms with Crippen LogP contribution in [0.2, 0.25) is 0 Å². The number of fused-ring (bicyclic) bond motifs is 1. The zero-order valence-electron chi connectivity index (χ0n) is 18.7. The molecule has 178 valence electrons. The molecule has 1 aromatic carbocycles. The average Bonchev–Trinajstić information content (AvgIpc) is 3.39. The Morgan fingerprint density at radius 3 is 2.68 bits per heavy atom. The number of hydrogen-bond donors (Lipinski definition) is 2. The van der Waals surface area contributed by atoms with Gasteiger partial charge in [0.1, 0.15) is 6.04 Å². The summed E-state index contributed by atoms with van der Waals surface area (Å²) >= 11 is 6.10. The van der Waals surface area contributed by atoms with E-state index >= 15 is 0 Å². The zero-order chi connectivity index (χ0) is 24.0. The van der Waals surface area contributed by atoms with Crippen LogP contribution >= 0.6 is 11.8 Å². The Balaban J connectivity index is 1.32. The van der Waals surface area contributed by atoms with E-state index in [9.17, 15) is 19.2 Å². The first kappa shape index (κ1) is 22.5. The van der Waals surface area contributed by atoms with E-state index in [1.807, 2.05) is 10.9 Å². The summed E-state index contributed by atoms with van der Waals surface area (Å²) in [5.74, 6) is -2.08. The van der Waals surface area contributed by atoms with Crippen molar-refractivity contribution in [3.63, 3.8) is 0 Å². The molecule has 2 aromatic rings. The van der Waals surface area contributed by atoms with Crippen LogP contribution in [0.3, 0.4) is 0 Å². The normalized spacial score (nSPS) is 22.6. The van der Waals surface area contributed by atoms with Gasteiger partial charge in [0.15, 0.2) is 0 Å². The van der Waals surface area contributed by atoms with E-state index in [1.165, 1.54) is 0 Å². The number of halogens is 1. The number of amides is 4. The number of nitrogens with one attached hydrogen (secondary N) is 2. The first-order valence-electron chi connectivity index (χ1n) is 11.3. The smallest absolute Gasteiger partial charge is 0.264 e. The minimum absolute atomic E-state index is 0.0841. The summed E-state index contributed by atoms with van der Waals surface area (Å²) in [6.07, 6.45) is 5.77. The van der Waals surface area contributed by atoms with Gasteiger partial charge in [0.2, 0.25) is 11.8 Å². The molecular formula is C23H25ClN6O4. The molecule has 1 atom stereocenters. The van der Waals surface area contributed by atoms with Gasteiger partial charge >= 0.3 is 0 Å². The molecule has 0 aliphatic carbocycles. The summed E-state index contributed by atoms with van der Waals surface area (Å²) in [7, 11) is 0. The van der Waals surface area contributed by atoms with Crippen LogP contribution in [0.5, 0.6) is 0 Å². The minimum Gasteiger partial charge on any atom is -0.380 e. The second-order valence-corrected chi connectivity index (χ2v) is 9.71. The van der Waals surface area contributed by atoms with Crippen LogP contribution in [0.1, 0.15) is 58.9 Å². The molecule has 2 fully saturated rings. The molecule has 3 aliphatic heterocycles. The van der Waals surface area contributed by atoms with Gasteiger partial charge in [-0.25, -0.2) is 4.42 Å². The summed E-state index contributed by atoms with van der Waals surface area (Å²) in [5.41, 5.74) is 1.83. The summed E-state index contributed by atoms with van der Waals surface area (Å²) in [6.45, 7) is 4.16. The van der Waals surface area contributed by atoms with Crippen molar-refractivity contribution in [2.75, 3.05) is 18.4 Å². The number of nitrogens with zero attached hydrogens (tertiary/aromatic N) is 4. The fourth-order valence-corrected chi connectivity index (χ4v) is 4.97. The molecule has 2 N–H and O–H groups in total. The van der Waals surface area contributed by atoms with Gasteiger partial charge in [-0.1, -0.05) is 6.07 Å². The largest absolute Gasteiger partial charge is 0.380 e. The van der Waals surface area contributed by atoms with Crippen LogP contribution in [0.15, 0.2) is 30.6 Å². The quantitative estimate of drug-likeness (QED) is 0.491. The number of anilines is 1. The number of rotatable bonds is 5. The molecule has 11 heteroatoms. The second-order valence-electron chi connectivity index (χ2n) is 9.23. The molecule has 4 amide bonds. The fraction of sp³-hybridized carbons (Fsp3) is 0.435. The van der Waals surface area contributed by atoms with Gasteiger partial charge in [0.25, 0.3) is 11.8 Å². The number of carbonyl (C=O) groups is 4. The maximum atomic E-state index is 13.2. The lowest BCUT2D eigenvalue weighted by molar-refractivity contribution is -0.136. The lowest BCUT2D eigenvalue weighted by Crippen LogP contribution is -2.54. The number of aromatic nitrogens is 2. The number of piperidine rings is 2. The van der Waals surface area contributed by atoms with E-state index in [4.69, 9.17) is 11.8 Å². The molecule has 3 aliphatic rings. The Morgan fingerprint density at radius 1 is 1.18 bits per heavy atom. The van der Waals surface area contributed by atoms with Crippen LogP contribution in [0, 0.1) is 0 Å². The van der Waals surface area contributed by atoms with Gasteiger partial charge in [-0.05, 0) is 50.1 Å². The third-order valence-corrected chi connectivity index (χ3v) is 7.26. The van der Waals surface area contributed by atoms with E-state index in [0.717, 1.165) is 36.4 Å². The molecule has 1 unspecified atom stereocenters. The Kier molecular flexibility index (Phi) is 5.65. The molecule has 0 saturated carbocycles. The molecule has 5 rings (SSSR count). The summed E-state index contributed by atoms with van der Waals surface area (Å²) in [5, 5.41) is 10.0. The SMILES string of the molecule is CC1(n2cc(CNc3cccc4c3C(=O)N(C3CCC(=O)NC3=O)C4=O)cn2)CCN(Cl)CC1. The molecule has 2 saturated heterocycles. The molecule has 34 heavy (non-hydrogen) atoms. The lowest BCUT2D eigenvalue weighted by atomic mass is 9.91. The van der Waals surface area contributed by atoms with Crippen molar-refractivity contribution in [1.82, 2.24) is 24.4 Å². The highest BCUT2D eigenvalue weighted by Gasteiger charge is 2.45. The first-order chi connectivity index (χ1) is 16.3. The zero-order valence-corrected chi connectivity index (χ0v) is 19.5. The predicted molar refractivity (Wildman–Crippen MR) is 123 cm³/mol. The van der Waals surface area contributed by atoms with Crippen LogP contribution in [-0.4, -0.2) is 61.9 Å². The lowest BCUT2D eigenvalue weighted by Gasteiger charge is -2.36. The van der Waals surface area contributed by atoms with E-state index in [1.54, 1.807) is 28.8 Å². The second kappa shape index (κ2) is 8.52. The maximum absolute atomic E-state index is 13.2. The van der Waals surface area contributed by atoms with Gasteiger partial charge in [-0.2, -0.15) is 5.10 Å². The topological polar surface area (TPSA) is 117 Å². The van der Waals surface area contributed by atoms with Crippen molar-refractivity contribution in [1.29, 1.82) is 0 Å². The molecule has 4 heterocycles. The van der Waals surface area contributed by atoms with Gasteiger partial charge in [0, 0.05) is 43.5 Å². The fourth-order valence-electron chi connectivity index (χ4n) is 4.80. The van der Waals surface area contributed by atoms with Gasteiger partial charge in [0.05, 0.1) is 22.9 Å². The van der Waals surface area contributed by atoms with E-state index in [0.29, 0.717) is 12.2 Å². The minimum atomic E-state index is -0.990. The first-order valence-corrected chi connectivity index (χ1v) is 11.6. The molecule has 10 nitrogen and oxygen atoms in total. The monoisotopic (exact) mass is 484 g/mol. The third kappa shape index (κ3) is 3.86. The molecular weight excluding hydrogens is 460 g/mol. The highest BCUT2D eigenvalue weighted by atomic mass is 35.5. The molecule has 0 radical (unpaired) electrons. The standard InChI is InChI=1S/C23H25ClN6O4/c1-23(7-9-28(24)10-8-23)29-13-14(12-26-29)11-25-16-4-2-3-15-19(16)22(34)30(21(15)33)17-5-6-18(31)27-20(17)32/h2-4,12-13,17,25H,5-11H2,1H3,(H,27,31,32). The van der Waals surface area contributed by atoms with Crippen molar-refractivity contribution in [2.45, 2.75) is 50.7 Å². The highest BCUT2D eigenvalue weighted by molar-refractivity contribution is 6.25. The third-order valence-electron chi connectivity index (χ3n) is 6.93. The molecule has 1 aromatic heterocycles. The van der Waals surface area contributed by atoms with Gasteiger partial charge < -0.3 is 5.32 Å². The maximum Gasteiger partial charge on any atom is 0.264 e. The number of hydrogen-bond acceptors (Lipinski definition) is 7. The van der Waals surface area contributed by atoms with E-state index in [2.05, 4.69) is 22.7 Å². The number of carbonyl (C=O) groups excluding carboxylic acids is 4. The summed E-state index contributed by atoms with van der Waals surface area (Å²) in [4.78, 5) is 50.9. The van der Waals surface area contributed by atoms with Crippen LogP contribution < -0.4 is 10.6 Å².